The lowest BCUT2D eigenvalue weighted by Gasteiger charge is -2.30. The molecule has 0 aromatic heterocycles. The van der Waals surface area contributed by atoms with Gasteiger partial charge < -0.3 is 15.7 Å². The van der Waals surface area contributed by atoms with Crippen LogP contribution in [0.4, 0.5) is 0 Å². The third-order valence-electron chi connectivity index (χ3n) is 3.18. The first-order valence-corrected chi connectivity index (χ1v) is 5.73. The number of aliphatic hydroxyl groups excluding tert-OH is 1. The quantitative estimate of drug-likeness (QED) is 0.616. The molecular weight excluding hydrogens is 208 g/mol. The predicted octanol–water partition coefficient (Wildman–Crippen LogP) is -0.0677. The van der Waals surface area contributed by atoms with Crippen molar-refractivity contribution in [1.82, 2.24) is 10.6 Å². The number of rotatable bonds is 5. The van der Waals surface area contributed by atoms with Crippen LogP contribution < -0.4 is 10.6 Å². The van der Waals surface area contributed by atoms with E-state index in [1.54, 1.807) is 0 Å². The summed E-state index contributed by atoms with van der Waals surface area (Å²) in [6.07, 6.45) is 2.25. The van der Waals surface area contributed by atoms with E-state index in [2.05, 4.69) is 10.6 Å². The highest BCUT2D eigenvalue weighted by molar-refractivity contribution is 5.91. The second-order valence-electron chi connectivity index (χ2n) is 4.54. The fourth-order valence-corrected chi connectivity index (χ4v) is 1.77. The Labute approximate surface area is 95.6 Å². The highest BCUT2D eigenvalue weighted by atomic mass is 16.3. The molecule has 0 aromatic rings. The Morgan fingerprint density at radius 2 is 2.38 bits per heavy atom. The number of carbonyl (C=O) groups excluding carboxylic acids is 2. The maximum absolute atomic E-state index is 11.8. The first-order valence-electron chi connectivity index (χ1n) is 5.73. The van der Waals surface area contributed by atoms with Crippen molar-refractivity contribution >= 4 is 11.8 Å². The zero-order valence-corrected chi connectivity index (χ0v) is 9.88. The van der Waals surface area contributed by atoms with Gasteiger partial charge in [0.1, 0.15) is 6.04 Å². The van der Waals surface area contributed by atoms with Gasteiger partial charge in [0.05, 0.1) is 0 Å². The van der Waals surface area contributed by atoms with Crippen LogP contribution in [0.25, 0.3) is 0 Å². The summed E-state index contributed by atoms with van der Waals surface area (Å²) in [6.45, 7) is 3.91. The van der Waals surface area contributed by atoms with Crippen LogP contribution in [0.1, 0.15) is 39.5 Å². The van der Waals surface area contributed by atoms with Gasteiger partial charge in [-0.05, 0) is 26.2 Å². The molecule has 0 spiro atoms. The van der Waals surface area contributed by atoms with Crippen LogP contribution in [0, 0.1) is 0 Å². The van der Waals surface area contributed by atoms with Crippen LogP contribution in [0.5, 0.6) is 0 Å². The summed E-state index contributed by atoms with van der Waals surface area (Å²) in [5, 5.41) is 14.5. The number of nitrogens with one attached hydrogen (secondary N) is 2. The Bertz CT molecular complexity index is 280. The Morgan fingerprint density at radius 3 is 2.81 bits per heavy atom. The number of amides is 2. The van der Waals surface area contributed by atoms with Gasteiger partial charge in [-0.25, -0.2) is 0 Å². The molecule has 0 bridgehead atoms. The molecular formula is C11H20N2O3. The van der Waals surface area contributed by atoms with Crippen LogP contribution in [0.3, 0.4) is 0 Å². The summed E-state index contributed by atoms with van der Waals surface area (Å²) >= 11 is 0. The first-order chi connectivity index (χ1) is 7.50. The summed E-state index contributed by atoms with van der Waals surface area (Å²) in [5.74, 6) is -0.218. The van der Waals surface area contributed by atoms with Crippen LogP contribution in [-0.4, -0.2) is 35.1 Å². The summed E-state index contributed by atoms with van der Waals surface area (Å²) in [7, 11) is 0. The van der Waals surface area contributed by atoms with E-state index in [-0.39, 0.29) is 24.0 Å². The van der Waals surface area contributed by atoms with E-state index >= 15 is 0 Å². The van der Waals surface area contributed by atoms with Crippen molar-refractivity contribution in [1.29, 1.82) is 0 Å². The lowest BCUT2D eigenvalue weighted by molar-refractivity contribution is -0.127. The summed E-state index contributed by atoms with van der Waals surface area (Å²) in [4.78, 5) is 22.8. The SMILES string of the molecule is CCC(C)(CCO)NC(=O)C1CCC(=O)N1. The van der Waals surface area contributed by atoms with Gasteiger partial charge in [-0.15, -0.1) is 0 Å². The maximum atomic E-state index is 11.8. The van der Waals surface area contributed by atoms with Crippen LogP contribution >= 0.6 is 0 Å². The Balaban J connectivity index is 2.52. The van der Waals surface area contributed by atoms with Gasteiger partial charge in [0.15, 0.2) is 0 Å². The molecule has 5 heteroatoms. The van der Waals surface area contributed by atoms with Crippen LogP contribution in [-0.2, 0) is 9.59 Å². The third-order valence-corrected chi connectivity index (χ3v) is 3.18. The van der Waals surface area contributed by atoms with E-state index in [9.17, 15) is 9.59 Å². The molecule has 1 heterocycles. The lowest BCUT2D eigenvalue weighted by Crippen LogP contribution is -2.52. The second kappa shape index (κ2) is 5.30. The molecule has 1 rings (SSSR count). The van der Waals surface area contributed by atoms with E-state index < -0.39 is 6.04 Å². The molecule has 0 radical (unpaired) electrons. The molecule has 1 aliphatic heterocycles. The van der Waals surface area contributed by atoms with Crippen molar-refractivity contribution in [2.75, 3.05) is 6.61 Å². The molecule has 1 saturated heterocycles. The highest BCUT2D eigenvalue weighted by Crippen LogP contribution is 2.15. The van der Waals surface area contributed by atoms with Gasteiger partial charge >= 0.3 is 0 Å². The number of carbonyl (C=O) groups is 2. The van der Waals surface area contributed by atoms with Gasteiger partial charge in [0.25, 0.3) is 0 Å². The fourth-order valence-electron chi connectivity index (χ4n) is 1.77. The molecule has 1 aliphatic rings. The zero-order valence-electron chi connectivity index (χ0n) is 9.88. The van der Waals surface area contributed by atoms with Gasteiger partial charge in [0.2, 0.25) is 11.8 Å². The molecule has 3 N–H and O–H groups in total. The van der Waals surface area contributed by atoms with E-state index in [0.717, 1.165) is 6.42 Å². The summed E-state index contributed by atoms with van der Waals surface area (Å²) < 4.78 is 0. The minimum Gasteiger partial charge on any atom is -0.396 e. The fraction of sp³-hybridized carbons (Fsp3) is 0.818. The van der Waals surface area contributed by atoms with E-state index in [1.807, 2.05) is 13.8 Å². The van der Waals surface area contributed by atoms with E-state index in [4.69, 9.17) is 5.11 Å². The molecule has 92 valence electrons. The van der Waals surface area contributed by atoms with Crippen molar-refractivity contribution in [3.05, 3.63) is 0 Å². The average Bonchev–Trinajstić information content (AvgIpc) is 2.65. The van der Waals surface area contributed by atoms with Gasteiger partial charge in [-0.2, -0.15) is 0 Å². The number of aliphatic hydroxyl groups is 1. The first kappa shape index (κ1) is 13.0. The molecule has 2 unspecified atom stereocenters. The maximum Gasteiger partial charge on any atom is 0.243 e. The molecule has 1 fully saturated rings. The molecule has 0 aromatic carbocycles. The van der Waals surface area contributed by atoms with Gasteiger partial charge in [-0.1, -0.05) is 6.92 Å². The smallest absolute Gasteiger partial charge is 0.243 e. The minimum atomic E-state index is -0.405. The van der Waals surface area contributed by atoms with Crippen LogP contribution in [0.15, 0.2) is 0 Å². The lowest BCUT2D eigenvalue weighted by atomic mass is 9.94. The number of hydrogen-bond donors (Lipinski definition) is 3. The highest BCUT2D eigenvalue weighted by Gasteiger charge is 2.31. The monoisotopic (exact) mass is 228 g/mol. The predicted molar refractivity (Wildman–Crippen MR) is 59.7 cm³/mol. The largest absolute Gasteiger partial charge is 0.396 e. The summed E-state index contributed by atoms with van der Waals surface area (Å²) in [5.41, 5.74) is -0.390. The van der Waals surface area contributed by atoms with Crippen molar-refractivity contribution < 1.29 is 14.7 Å². The Kier molecular flexibility index (Phi) is 4.29. The van der Waals surface area contributed by atoms with Gasteiger partial charge in [-0.3, -0.25) is 9.59 Å². The van der Waals surface area contributed by atoms with Crippen LogP contribution in [0.2, 0.25) is 0 Å². The van der Waals surface area contributed by atoms with Crippen molar-refractivity contribution in [2.24, 2.45) is 0 Å². The average molecular weight is 228 g/mol. The number of hydrogen-bond acceptors (Lipinski definition) is 3. The molecule has 16 heavy (non-hydrogen) atoms. The third kappa shape index (κ3) is 3.20. The van der Waals surface area contributed by atoms with E-state index in [0.29, 0.717) is 19.3 Å². The molecule has 2 amide bonds. The van der Waals surface area contributed by atoms with E-state index in [1.165, 1.54) is 0 Å². The molecule has 0 saturated carbocycles. The topological polar surface area (TPSA) is 78.4 Å². The Morgan fingerprint density at radius 1 is 1.69 bits per heavy atom. The molecule has 0 aliphatic carbocycles. The zero-order chi connectivity index (χ0) is 12.2. The standard InChI is InChI=1S/C11H20N2O3/c1-3-11(2,6-7-14)13-10(16)8-4-5-9(15)12-8/h8,14H,3-7H2,1-2H3,(H,12,15)(H,13,16). The van der Waals surface area contributed by atoms with Crippen molar-refractivity contribution in [3.8, 4) is 0 Å². The van der Waals surface area contributed by atoms with Crippen molar-refractivity contribution in [3.63, 3.8) is 0 Å². The van der Waals surface area contributed by atoms with Crippen molar-refractivity contribution in [2.45, 2.75) is 51.1 Å². The normalized spacial score (nSPS) is 23.7. The second-order valence-corrected chi connectivity index (χ2v) is 4.54. The molecule has 2 atom stereocenters. The Hall–Kier alpha value is -1.10. The molecule has 5 nitrogen and oxygen atoms in total. The van der Waals surface area contributed by atoms with Gasteiger partial charge in [0, 0.05) is 18.6 Å². The summed E-state index contributed by atoms with van der Waals surface area (Å²) in [6, 6.07) is -0.405. The minimum absolute atomic E-state index is 0.0433.